The monoisotopic (exact) mass is 747 g/mol. The Bertz CT molecular complexity index is 3260. The quantitative estimate of drug-likeness (QED) is 0.168. The third-order valence-electron chi connectivity index (χ3n) is 12.5. The average Bonchev–Trinajstić information content (AvgIpc) is 3.78. The molecule has 12 rings (SSSR count). The highest BCUT2D eigenvalue weighted by Gasteiger charge is 2.51. The molecule has 0 amide bonds. The molecule has 3 heteroatoms. The minimum Gasteiger partial charge on any atom is -0.238 e. The maximum atomic E-state index is 8.25. The Morgan fingerprint density at radius 2 is 0.864 bits per heavy atom. The van der Waals surface area contributed by atoms with Crippen molar-refractivity contribution in [1.82, 2.24) is 9.97 Å². The van der Waals surface area contributed by atoms with Crippen LogP contribution in [0.1, 0.15) is 22.3 Å². The van der Waals surface area contributed by atoms with Crippen LogP contribution in [0.15, 0.2) is 200 Å². The van der Waals surface area contributed by atoms with Gasteiger partial charge in [0.2, 0.25) is 0 Å². The summed E-state index contributed by atoms with van der Waals surface area (Å²) in [4.78, 5) is 14.5. The summed E-state index contributed by atoms with van der Waals surface area (Å²) in [5, 5.41) is 4.72. The number of benzene rings is 9. The lowest BCUT2D eigenvalue weighted by molar-refractivity contribution is 0.794. The van der Waals surface area contributed by atoms with Gasteiger partial charge in [-0.05, 0) is 101 Å². The second-order valence-electron chi connectivity index (χ2n) is 15.6. The highest BCUT2D eigenvalue weighted by Crippen LogP contribution is 2.64. The Morgan fingerprint density at radius 3 is 1.54 bits per heavy atom. The number of hydrogen-bond acceptors (Lipinski definition) is 2. The normalized spacial score (nSPS) is 12.9. The fourth-order valence-corrected chi connectivity index (χ4v) is 9.83. The van der Waals surface area contributed by atoms with Crippen molar-refractivity contribution in [1.29, 1.82) is 0 Å². The van der Waals surface area contributed by atoms with Crippen LogP contribution in [-0.2, 0) is 5.41 Å². The molecule has 2 aliphatic rings. The predicted octanol–water partition coefficient (Wildman–Crippen LogP) is 14.3. The van der Waals surface area contributed by atoms with Crippen molar-refractivity contribution in [3.8, 4) is 67.3 Å². The van der Waals surface area contributed by atoms with Crippen LogP contribution in [0, 0.1) is 6.57 Å². The van der Waals surface area contributed by atoms with Gasteiger partial charge in [-0.3, -0.25) is 0 Å². The van der Waals surface area contributed by atoms with Crippen molar-refractivity contribution < 1.29 is 0 Å². The van der Waals surface area contributed by atoms with E-state index >= 15 is 0 Å². The Balaban J connectivity index is 0.985. The van der Waals surface area contributed by atoms with E-state index in [4.69, 9.17) is 16.5 Å². The van der Waals surface area contributed by atoms with Crippen LogP contribution in [0.2, 0.25) is 0 Å². The van der Waals surface area contributed by atoms with Crippen molar-refractivity contribution in [3.05, 3.63) is 234 Å². The van der Waals surface area contributed by atoms with Crippen molar-refractivity contribution in [3.63, 3.8) is 0 Å². The Hall–Kier alpha value is -7.93. The molecule has 0 saturated carbocycles. The molecule has 272 valence electrons. The highest BCUT2D eigenvalue weighted by molar-refractivity contribution is 6.00. The number of hydrogen-bond donors (Lipinski definition) is 0. The first-order valence-electron chi connectivity index (χ1n) is 20.0. The van der Waals surface area contributed by atoms with Crippen LogP contribution in [0.25, 0.3) is 93.7 Å². The van der Waals surface area contributed by atoms with E-state index < -0.39 is 5.41 Å². The van der Waals surface area contributed by atoms with Gasteiger partial charge in [0, 0.05) is 16.7 Å². The van der Waals surface area contributed by atoms with Crippen LogP contribution in [0.5, 0.6) is 0 Å². The van der Waals surface area contributed by atoms with E-state index in [1.165, 1.54) is 49.5 Å². The Morgan fingerprint density at radius 1 is 0.356 bits per heavy atom. The van der Waals surface area contributed by atoms with Gasteiger partial charge in [0.25, 0.3) is 0 Å². The molecular formula is C56H33N3. The van der Waals surface area contributed by atoms with E-state index in [1.54, 1.807) is 0 Å². The van der Waals surface area contributed by atoms with Gasteiger partial charge in [-0.1, -0.05) is 176 Å². The molecule has 0 aliphatic heterocycles. The molecule has 1 heterocycles. The number of nitrogens with zero attached hydrogens (tertiary/aromatic N) is 3. The van der Waals surface area contributed by atoms with E-state index in [0.29, 0.717) is 11.5 Å². The Kier molecular flexibility index (Phi) is 7.21. The van der Waals surface area contributed by atoms with Gasteiger partial charge in [-0.15, -0.1) is 0 Å². The first-order chi connectivity index (χ1) is 29.2. The summed E-state index contributed by atoms with van der Waals surface area (Å²) in [5.41, 5.74) is 16.8. The molecule has 0 radical (unpaired) electrons. The van der Waals surface area contributed by atoms with Crippen LogP contribution >= 0.6 is 0 Å². The summed E-state index contributed by atoms with van der Waals surface area (Å²) < 4.78 is 0. The zero-order chi connectivity index (χ0) is 39.1. The number of rotatable bonds is 4. The molecule has 2 aliphatic carbocycles. The van der Waals surface area contributed by atoms with Crippen molar-refractivity contribution >= 4 is 27.2 Å². The van der Waals surface area contributed by atoms with E-state index in [9.17, 15) is 0 Å². The molecule has 9 aromatic carbocycles. The Labute approximate surface area is 342 Å². The van der Waals surface area contributed by atoms with Crippen LogP contribution < -0.4 is 0 Å². The van der Waals surface area contributed by atoms with Gasteiger partial charge < -0.3 is 0 Å². The summed E-state index contributed by atoms with van der Waals surface area (Å²) in [6, 6.07) is 71.3. The summed E-state index contributed by atoms with van der Waals surface area (Å²) in [6.45, 7) is 8.25. The summed E-state index contributed by atoms with van der Waals surface area (Å²) in [5.74, 6) is 0.692. The minimum atomic E-state index is -0.487. The maximum Gasteiger partial charge on any atom is 0.195 e. The van der Waals surface area contributed by atoms with Gasteiger partial charge in [0.1, 0.15) is 0 Å². The van der Waals surface area contributed by atoms with E-state index in [1.807, 2.05) is 12.1 Å². The molecule has 59 heavy (non-hydrogen) atoms. The highest BCUT2D eigenvalue weighted by atomic mass is 14.9. The van der Waals surface area contributed by atoms with E-state index in [0.717, 1.165) is 55.7 Å². The SMILES string of the molecule is [C-]#[N+]c1cccc2c1-c1cc(-c3ccc(-c4cc(-c5ccc6ccccc6c5)nc(-c5ccc6ccccc6c5)n4)cc3)ccc1C21c2ccccc2-c2ccccc21. The lowest BCUT2D eigenvalue weighted by Gasteiger charge is -2.30. The second-order valence-corrected chi connectivity index (χ2v) is 15.6. The molecule has 0 N–H and O–H groups in total. The topological polar surface area (TPSA) is 30.1 Å². The third kappa shape index (κ3) is 4.94. The lowest BCUT2D eigenvalue weighted by atomic mass is 9.70. The van der Waals surface area contributed by atoms with Gasteiger partial charge in [0.15, 0.2) is 11.5 Å². The van der Waals surface area contributed by atoms with Gasteiger partial charge >= 0.3 is 0 Å². The minimum absolute atomic E-state index is 0.487. The van der Waals surface area contributed by atoms with Crippen LogP contribution in [-0.4, -0.2) is 9.97 Å². The van der Waals surface area contributed by atoms with Crippen molar-refractivity contribution in [2.24, 2.45) is 0 Å². The summed E-state index contributed by atoms with van der Waals surface area (Å²) in [6.07, 6.45) is 0. The largest absolute Gasteiger partial charge is 0.238 e. The molecule has 1 spiro atoms. The van der Waals surface area contributed by atoms with Crippen LogP contribution in [0.3, 0.4) is 0 Å². The fourth-order valence-electron chi connectivity index (χ4n) is 9.83. The zero-order valence-corrected chi connectivity index (χ0v) is 31.9. The van der Waals surface area contributed by atoms with Gasteiger partial charge in [-0.2, -0.15) is 0 Å². The maximum absolute atomic E-state index is 8.25. The molecule has 3 nitrogen and oxygen atoms in total. The second kappa shape index (κ2) is 12.8. The average molecular weight is 748 g/mol. The number of aromatic nitrogens is 2. The predicted molar refractivity (Wildman–Crippen MR) is 241 cm³/mol. The lowest BCUT2D eigenvalue weighted by Crippen LogP contribution is -2.25. The molecular weight excluding hydrogens is 715 g/mol. The van der Waals surface area contributed by atoms with E-state index in [-0.39, 0.29) is 0 Å². The molecule has 1 aromatic heterocycles. The molecule has 0 bridgehead atoms. The molecule has 10 aromatic rings. The van der Waals surface area contributed by atoms with Gasteiger partial charge in [0.05, 0.1) is 23.4 Å². The number of fused-ring (bicyclic) bond motifs is 12. The molecule has 0 atom stereocenters. The van der Waals surface area contributed by atoms with E-state index in [2.05, 4.69) is 193 Å². The van der Waals surface area contributed by atoms with Crippen molar-refractivity contribution in [2.75, 3.05) is 0 Å². The summed E-state index contributed by atoms with van der Waals surface area (Å²) in [7, 11) is 0. The third-order valence-corrected chi connectivity index (χ3v) is 12.5. The first kappa shape index (κ1) is 33.2. The summed E-state index contributed by atoms with van der Waals surface area (Å²) >= 11 is 0. The zero-order valence-electron chi connectivity index (χ0n) is 31.9. The first-order valence-corrected chi connectivity index (χ1v) is 20.0. The standard InChI is InChI=1S/C56H33N3/c1-57-51-20-10-19-50-54(51)46-33-41(29-30-49(46)56(50)47-17-8-6-15-44(47)45-16-7-9-18-48(45)56)37-21-25-38(26-22-37)52-34-53(42-27-23-35-11-2-4-13-39(35)31-42)59-55(58-52)43-28-24-36-12-3-5-14-40(36)32-43/h2-34H. The molecule has 0 saturated heterocycles. The van der Waals surface area contributed by atoms with Crippen molar-refractivity contribution in [2.45, 2.75) is 5.41 Å². The molecule has 0 unspecified atom stereocenters. The fraction of sp³-hybridized carbons (Fsp3) is 0.0179. The van der Waals surface area contributed by atoms with Gasteiger partial charge in [-0.25, -0.2) is 14.8 Å². The van der Waals surface area contributed by atoms with Crippen LogP contribution in [0.4, 0.5) is 5.69 Å². The smallest absolute Gasteiger partial charge is 0.195 e. The molecule has 0 fully saturated rings.